The fraction of sp³-hybridized carbons (Fsp3) is 0.929. The van der Waals surface area contributed by atoms with E-state index in [1.54, 1.807) is 0 Å². The van der Waals surface area contributed by atoms with Gasteiger partial charge in [0.2, 0.25) is 0 Å². The zero-order valence-electron chi connectivity index (χ0n) is 12.5. The summed E-state index contributed by atoms with van der Waals surface area (Å²) in [6, 6.07) is 0. The van der Waals surface area contributed by atoms with Gasteiger partial charge >= 0.3 is 5.97 Å². The highest BCUT2D eigenvalue weighted by atomic mass is 79.9. The van der Waals surface area contributed by atoms with E-state index in [0.29, 0.717) is 5.92 Å². The molecule has 1 heterocycles. The number of rotatable bonds is 2. The van der Waals surface area contributed by atoms with Crippen molar-refractivity contribution in [3.8, 4) is 0 Å². The van der Waals surface area contributed by atoms with E-state index < -0.39 is 12.6 Å². The summed E-state index contributed by atoms with van der Waals surface area (Å²) in [5.41, 5.74) is 0. The second-order valence-electron chi connectivity index (χ2n) is 7.24. The van der Waals surface area contributed by atoms with Crippen LogP contribution in [-0.4, -0.2) is 30.8 Å². The fourth-order valence-corrected chi connectivity index (χ4v) is 4.95. The summed E-state index contributed by atoms with van der Waals surface area (Å²) in [4.78, 5) is 12.1. The molecule has 0 aromatic carbocycles. The van der Waals surface area contributed by atoms with Crippen LogP contribution >= 0.6 is 15.9 Å². The van der Waals surface area contributed by atoms with E-state index in [9.17, 15) is 4.79 Å². The Morgan fingerprint density at radius 1 is 1.37 bits per heavy atom. The lowest BCUT2D eigenvalue weighted by atomic mass is 9.87. The maximum absolute atomic E-state index is 12.1. The van der Waals surface area contributed by atoms with Crippen molar-refractivity contribution in [3.05, 3.63) is 0 Å². The molecule has 2 fully saturated rings. The summed E-state index contributed by atoms with van der Waals surface area (Å²) in [5, 5.41) is 0. The van der Waals surface area contributed by atoms with Gasteiger partial charge in [0, 0.05) is 5.92 Å². The smallest absolute Gasteiger partial charge is 0.323 e. The Morgan fingerprint density at radius 2 is 2.00 bits per heavy atom. The molecular weight excluding hydrogens is 324 g/mol. The monoisotopic (exact) mass is 348 g/mol. The van der Waals surface area contributed by atoms with Crippen LogP contribution in [0.4, 0.5) is 0 Å². The number of esters is 1. The van der Waals surface area contributed by atoms with Crippen LogP contribution in [0.2, 0.25) is 19.6 Å². The normalized spacial score (nSPS) is 43.6. The molecule has 0 amide bonds. The summed E-state index contributed by atoms with van der Waals surface area (Å²) in [7, 11) is -1.63. The standard InChI is InChI=1S/C14H25BrO3Si/c1-9-6-7-10-12(17-13(16)14(10,2)15)11(8-9)18-19(3,4)5/h9-12H,6-8H2,1-5H3/t9-,10-,11+,12-,14+/m1/s1. The highest BCUT2D eigenvalue weighted by Gasteiger charge is 2.56. The van der Waals surface area contributed by atoms with Crippen molar-refractivity contribution in [3.63, 3.8) is 0 Å². The Balaban J connectivity index is 2.24. The number of alkyl halides is 1. The molecule has 0 unspecified atom stereocenters. The third-order valence-corrected chi connectivity index (χ3v) is 6.13. The molecule has 5 heteroatoms. The first kappa shape index (κ1) is 15.5. The first-order valence-corrected chi connectivity index (χ1v) is 11.4. The molecule has 0 spiro atoms. The predicted molar refractivity (Wildman–Crippen MR) is 81.9 cm³/mol. The Morgan fingerprint density at radius 3 is 2.58 bits per heavy atom. The third kappa shape index (κ3) is 3.24. The minimum absolute atomic E-state index is 0.0671. The Kier molecular flexibility index (Phi) is 4.21. The average molecular weight is 349 g/mol. The SMILES string of the molecule is C[C@@H]1CC[C@@H]2[C@@H](OC(=O)[C@@]2(C)Br)[C@@H](O[Si](C)(C)C)C1. The van der Waals surface area contributed by atoms with Gasteiger partial charge in [-0.15, -0.1) is 0 Å². The molecule has 1 saturated carbocycles. The molecule has 0 radical (unpaired) electrons. The van der Waals surface area contributed by atoms with Crippen LogP contribution in [-0.2, 0) is 14.0 Å². The molecule has 3 nitrogen and oxygen atoms in total. The molecule has 0 aromatic rings. The average Bonchev–Trinajstić information content (AvgIpc) is 2.36. The van der Waals surface area contributed by atoms with Gasteiger partial charge in [0.1, 0.15) is 10.4 Å². The quantitative estimate of drug-likeness (QED) is 0.433. The summed E-state index contributed by atoms with van der Waals surface area (Å²) >= 11 is 3.59. The highest BCUT2D eigenvalue weighted by molar-refractivity contribution is 9.10. The second kappa shape index (κ2) is 5.15. The van der Waals surface area contributed by atoms with Crippen LogP contribution in [0.15, 0.2) is 0 Å². The largest absolute Gasteiger partial charge is 0.458 e. The van der Waals surface area contributed by atoms with Crippen LogP contribution in [0.25, 0.3) is 0 Å². The van der Waals surface area contributed by atoms with Gasteiger partial charge in [0.25, 0.3) is 0 Å². The van der Waals surface area contributed by atoms with Crippen LogP contribution in [0.1, 0.15) is 33.1 Å². The van der Waals surface area contributed by atoms with E-state index in [-0.39, 0.29) is 24.1 Å². The number of ether oxygens (including phenoxy) is 1. The molecule has 5 atom stereocenters. The predicted octanol–water partition coefficient (Wildman–Crippen LogP) is 3.72. The first-order valence-electron chi connectivity index (χ1n) is 7.19. The minimum atomic E-state index is -1.63. The molecule has 19 heavy (non-hydrogen) atoms. The lowest BCUT2D eigenvalue weighted by Gasteiger charge is -2.32. The zero-order chi connectivity index (χ0) is 14.4. The van der Waals surface area contributed by atoms with E-state index in [1.807, 2.05) is 6.92 Å². The van der Waals surface area contributed by atoms with Crippen LogP contribution in [0.3, 0.4) is 0 Å². The van der Waals surface area contributed by atoms with E-state index >= 15 is 0 Å². The van der Waals surface area contributed by atoms with Gasteiger partial charge in [-0.1, -0.05) is 29.3 Å². The maximum Gasteiger partial charge on any atom is 0.323 e. The number of carbonyl (C=O) groups is 1. The van der Waals surface area contributed by atoms with Crippen LogP contribution in [0.5, 0.6) is 0 Å². The summed E-state index contributed by atoms with van der Waals surface area (Å²) in [5.74, 6) is 0.737. The maximum atomic E-state index is 12.1. The molecular formula is C14H25BrO3Si. The molecule has 0 bridgehead atoms. The summed E-state index contributed by atoms with van der Waals surface area (Å²) in [6.07, 6.45) is 3.17. The topological polar surface area (TPSA) is 35.5 Å². The van der Waals surface area contributed by atoms with Gasteiger partial charge in [0.05, 0.1) is 6.10 Å². The molecule has 2 aliphatic rings. The van der Waals surface area contributed by atoms with Crippen molar-refractivity contribution in [2.24, 2.45) is 11.8 Å². The van der Waals surface area contributed by atoms with E-state index in [4.69, 9.17) is 9.16 Å². The minimum Gasteiger partial charge on any atom is -0.458 e. The summed E-state index contributed by atoms with van der Waals surface area (Å²) < 4.78 is 11.5. The molecule has 0 N–H and O–H groups in total. The van der Waals surface area contributed by atoms with Crippen molar-refractivity contribution in [1.82, 2.24) is 0 Å². The fourth-order valence-electron chi connectivity index (χ4n) is 3.23. The molecule has 110 valence electrons. The third-order valence-electron chi connectivity index (χ3n) is 4.21. The van der Waals surface area contributed by atoms with Crippen molar-refractivity contribution in [1.29, 1.82) is 0 Å². The molecule has 0 aromatic heterocycles. The Labute approximate surface area is 125 Å². The van der Waals surface area contributed by atoms with Crippen molar-refractivity contribution in [2.75, 3.05) is 0 Å². The number of hydrogen-bond acceptors (Lipinski definition) is 3. The molecule has 1 saturated heterocycles. The number of fused-ring (bicyclic) bond motifs is 1. The number of halogens is 1. The van der Waals surface area contributed by atoms with Gasteiger partial charge in [-0.3, -0.25) is 4.79 Å². The first-order chi connectivity index (χ1) is 8.61. The van der Waals surface area contributed by atoms with Crippen molar-refractivity contribution in [2.45, 2.75) is 69.3 Å². The molecule has 2 rings (SSSR count). The lowest BCUT2D eigenvalue weighted by molar-refractivity contribution is -0.146. The van der Waals surface area contributed by atoms with E-state index in [0.717, 1.165) is 19.3 Å². The molecule has 1 aliphatic carbocycles. The zero-order valence-corrected chi connectivity index (χ0v) is 15.1. The van der Waals surface area contributed by atoms with Crippen molar-refractivity contribution >= 4 is 30.2 Å². The van der Waals surface area contributed by atoms with E-state index in [1.165, 1.54) is 0 Å². The van der Waals surface area contributed by atoms with Gasteiger partial charge in [-0.05, 0) is 45.3 Å². The van der Waals surface area contributed by atoms with Gasteiger partial charge in [-0.25, -0.2) is 0 Å². The number of hydrogen-bond donors (Lipinski definition) is 0. The Bertz CT molecular complexity index is 364. The van der Waals surface area contributed by atoms with Crippen LogP contribution < -0.4 is 0 Å². The Hall–Kier alpha value is 0.127. The van der Waals surface area contributed by atoms with Crippen LogP contribution in [0, 0.1) is 11.8 Å². The van der Waals surface area contributed by atoms with Gasteiger partial charge in [0.15, 0.2) is 8.32 Å². The highest BCUT2D eigenvalue weighted by Crippen LogP contribution is 2.47. The number of carbonyl (C=O) groups excluding carboxylic acids is 1. The molecule has 1 aliphatic heterocycles. The van der Waals surface area contributed by atoms with Crippen molar-refractivity contribution < 1.29 is 14.0 Å². The van der Waals surface area contributed by atoms with Gasteiger partial charge < -0.3 is 9.16 Å². The second-order valence-corrected chi connectivity index (χ2v) is 13.3. The van der Waals surface area contributed by atoms with E-state index in [2.05, 4.69) is 42.5 Å². The van der Waals surface area contributed by atoms with Gasteiger partial charge in [-0.2, -0.15) is 0 Å². The summed E-state index contributed by atoms with van der Waals surface area (Å²) in [6.45, 7) is 10.8. The lowest BCUT2D eigenvalue weighted by Crippen LogP contribution is -2.42.